The molecule has 3 N–H and O–H groups in total. The minimum Gasteiger partial charge on any atom is -0.508 e. The van der Waals surface area contributed by atoms with Gasteiger partial charge >= 0.3 is 0 Å². The van der Waals surface area contributed by atoms with E-state index in [0.717, 1.165) is 31.2 Å². The Morgan fingerprint density at radius 1 is 1.14 bits per heavy atom. The summed E-state index contributed by atoms with van der Waals surface area (Å²) in [5.41, 5.74) is 2.40. The number of benzene rings is 1. The van der Waals surface area contributed by atoms with Crippen LogP contribution in [0.25, 0.3) is 0 Å². The van der Waals surface area contributed by atoms with E-state index in [1.165, 1.54) is 5.56 Å². The molecule has 0 bridgehead atoms. The molecule has 2 fully saturated rings. The number of aliphatic hydroxyl groups is 2. The van der Waals surface area contributed by atoms with Crippen molar-refractivity contribution in [2.24, 2.45) is 17.3 Å². The third-order valence-corrected chi connectivity index (χ3v) is 6.68. The molecule has 0 heterocycles. The molecule has 0 radical (unpaired) electrons. The number of phenols is 1. The van der Waals surface area contributed by atoms with E-state index in [1.54, 1.807) is 6.07 Å². The van der Waals surface area contributed by atoms with Crippen molar-refractivity contribution in [3.63, 3.8) is 0 Å². The molecule has 3 heteroatoms. The fourth-order valence-corrected chi connectivity index (χ4v) is 5.56. The average Bonchev–Trinajstić information content (AvgIpc) is 2.74. The van der Waals surface area contributed by atoms with Crippen LogP contribution in [-0.4, -0.2) is 27.5 Å². The second-order valence-electron chi connectivity index (χ2n) is 7.58. The summed E-state index contributed by atoms with van der Waals surface area (Å²) in [5, 5.41) is 30.8. The van der Waals surface area contributed by atoms with Crippen LogP contribution >= 0.6 is 0 Å². The summed E-state index contributed by atoms with van der Waals surface area (Å²) in [5.74, 6) is 1.35. The van der Waals surface area contributed by atoms with Crippen molar-refractivity contribution in [1.29, 1.82) is 0 Å². The normalized spacial score (nSPS) is 44.8. The first kappa shape index (κ1) is 13.6. The van der Waals surface area contributed by atoms with Crippen LogP contribution in [0.2, 0.25) is 0 Å². The Bertz CT molecular complexity index is 570. The van der Waals surface area contributed by atoms with Crippen LogP contribution in [0.3, 0.4) is 0 Å². The predicted molar refractivity (Wildman–Crippen MR) is 80.1 cm³/mol. The SMILES string of the molecule is C[C@]12CCC3c4ccc(O)cc4CC(O)C3C1CC[C@@H]2O. The monoisotopic (exact) mass is 288 g/mol. The zero-order valence-corrected chi connectivity index (χ0v) is 12.5. The number of hydrogen-bond acceptors (Lipinski definition) is 3. The minimum absolute atomic E-state index is 0.0173. The van der Waals surface area contributed by atoms with E-state index in [2.05, 4.69) is 6.92 Å². The van der Waals surface area contributed by atoms with Crippen molar-refractivity contribution in [3.05, 3.63) is 29.3 Å². The second kappa shape index (κ2) is 4.47. The highest BCUT2D eigenvalue weighted by atomic mass is 16.3. The smallest absolute Gasteiger partial charge is 0.115 e. The number of hydrogen-bond donors (Lipinski definition) is 3. The van der Waals surface area contributed by atoms with Gasteiger partial charge in [-0.05, 0) is 78.5 Å². The highest BCUT2D eigenvalue weighted by Gasteiger charge is 2.56. The van der Waals surface area contributed by atoms with E-state index < -0.39 is 0 Å². The molecule has 0 spiro atoms. The summed E-state index contributed by atoms with van der Waals surface area (Å²) in [6, 6.07) is 5.62. The van der Waals surface area contributed by atoms with E-state index in [-0.39, 0.29) is 29.3 Å². The standard InChI is InChI=1S/C18H24O3/c1-18-7-6-13-12-3-2-11(19)8-10(12)9-15(20)17(13)14(18)4-5-16(18)21/h2-3,8,13-17,19-21H,4-7,9H2,1H3/t13?,14?,15?,16-,17?,18-/m0/s1. The van der Waals surface area contributed by atoms with Crippen molar-refractivity contribution in [2.75, 3.05) is 0 Å². The van der Waals surface area contributed by atoms with Gasteiger partial charge in [-0.3, -0.25) is 0 Å². The van der Waals surface area contributed by atoms with Crippen molar-refractivity contribution in [1.82, 2.24) is 0 Å². The molecular weight excluding hydrogens is 264 g/mol. The maximum Gasteiger partial charge on any atom is 0.115 e. The van der Waals surface area contributed by atoms with E-state index >= 15 is 0 Å². The highest BCUT2D eigenvalue weighted by Crippen LogP contribution is 2.60. The third-order valence-electron chi connectivity index (χ3n) is 6.68. The molecule has 3 nitrogen and oxygen atoms in total. The van der Waals surface area contributed by atoms with Gasteiger partial charge in [0.25, 0.3) is 0 Å². The quantitative estimate of drug-likeness (QED) is 0.687. The first-order chi connectivity index (χ1) is 10.0. The van der Waals surface area contributed by atoms with E-state index in [4.69, 9.17) is 0 Å². The van der Waals surface area contributed by atoms with Gasteiger partial charge < -0.3 is 15.3 Å². The molecule has 0 aromatic heterocycles. The van der Waals surface area contributed by atoms with Gasteiger partial charge in [-0.25, -0.2) is 0 Å². The summed E-state index contributed by atoms with van der Waals surface area (Å²) in [6.07, 6.45) is 4.05. The Labute approximate surface area is 125 Å². The van der Waals surface area contributed by atoms with Gasteiger partial charge in [0.2, 0.25) is 0 Å². The fourth-order valence-electron chi connectivity index (χ4n) is 5.56. The first-order valence-corrected chi connectivity index (χ1v) is 8.18. The van der Waals surface area contributed by atoms with Gasteiger partial charge in [0.1, 0.15) is 5.75 Å². The van der Waals surface area contributed by atoms with Gasteiger partial charge in [0, 0.05) is 0 Å². The summed E-state index contributed by atoms with van der Waals surface area (Å²) < 4.78 is 0. The molecule has 0 aliphatic heterocycles. The van der Waals surface area contributed by atoms with Gasteiger partial charge in [0.05, 0.1) is 12.2 Å². The molecule has 21 heavy (non-hydrogen) atoms. The van der Waals surface area contributed by atoms with Crippen LogP contribution in [0.4, 0.5) is 0 Å². The fraction of sp³-hybridized carbons (Fsp3) is 0.667. The van der Waals surface area contributed by atoms with Crippen LogP contribution in [0.15, 0.2) is 18.2 Å². The molecule has 0 amide bonds. The summed E-state index contributed by atoms with van der Waals surface area (Å²) in [6.45, 7) is 2.21. The lowest BCUT2D eigenvalue weighted by atomic mass is 9.54. The van der Waals surface area contributed by atoms with Gasteiger partial charge in [-0.15, -0.1) is 0 Å². The van der Waals surface area contributed by atoms with Gasteiger partial charge in [-0.2, -0.15) is 0 Å². The van der Waals surface area contributed by atoms with E-state index in [0.29, 0.717) is 18.3 Å². The molecule has 4 unspecified atom stereocenters. The molecule has 0 saturated heterocycles. The predicted octanol–water partition coefficient (Wildman–Crippen LogP) is 2.58. The van der Waals surface area contributed by atoms with Crippen molar-refractivity contribution in [3.8, 4) is 5.75 Å². The molecule has 1 aromatic carbocycles. The topological polar surface area (TPSA) is 60.7 Å². The lowest BCUT2D eigenvalue weighted by molar-refractivity contribution is -0.0627. The lowest BCUT2D eigenvalue weighted by Crippen LogP contribution is -2.49. The van der Waals surface area contributed by atoms with Crippen LogP contribution in [0.5, 0.6) is 5.75 Å². The number of rotatable bonds is 0. The molecule has 3 aliphatic carbocycles. The number of aromatic hydroxyl groups is 1. The van der Waals surface area contributed by atoms with E-state index in [1.807, 2.05) is 12.1 Å². The Balaban J connectivity index is 1.76. The van der Waals surface area contributed by atoms with E-state index in [9.17, 15) is 15.3 Å². The van der Waals surface area contributed by atoms with Crippen LogP contribution in [-0.2, 0) is 6.42 Å². The average molecular weight is 288 g/mol. The molecule has 3 aliphatic rings. The Morgan fingerprint density at radius 2 is 1.95 bits per heavy atom. The minimum atomic E-state index is -0.348. The Morgan fingerprint density at radius 3 is 2.76 bits per heavy atom. The Kier molecular flexibility index (Phi) is 2.89. The van der Waals surface area contributed by atoms with Crippen molar-refractivity contribution < 1.29 is 15.3 Å². The lowest BCUT2D eigenvalue weighted by Gasteiger charge is -2.51. The van der Waals surface area contributed by atoms with Crippen LogP contribution in [0, 0.1) is 17.3 Å². The zero-order chi connectivity index (χ0) is 14.8. The van der Waals surface area contributed by atoms with Crippen molar-refractivity contribution in [2.45, 2.75) is 57.2 Å². The molecule has 114 valence electrons. The largest absolute Gasteiger partial charge is 0.508 e. The molecular formula is C18H24O3. The first-order valence-electron chi connectivity index (χ1n) is 8.18. The molecule has 6 atom stereocenters. The van der Waals surface area contributed by atoms with Crippen LogP contribution < -0.4 is 0 Å². The maximum atomic E-state index is 10.7. The summed E-state index contributed by atoms with van der Waals surface area (Å²) in [7, 11) is 0. The van der Waals surface area contributed by atoms with Crippen molar-refractivity contribution >= 4 is 0 Å². The van der Waals surface area contributed by atoms with Gasteiger partial charge in [-0.1, -0.05) is 13.0 Å². The molecule has 1 aromatic rings. The summed E-state index contributed by atoms with van der Waals surface area (Å²) >= 11 is 0. The molecule has 4 rings (SSSR count). The van der Waals surface area contributed by atoms with Gasteiger partial charge in [0.15, 0.2) is 0 Å². The number of aliphatic hydroxyl groups excluding tert-OH is 2. The summed E-state index contributed by atoms with van der Waals surface area (Å²) in [4.78, 5) is 0. The van der Waals surface area contributed by atoms with Crippen LogP contribution in [0.1, 0.15) is 49.7 Å². The zero-order valence-electron chi connectivity index (χ0n) is 12.5. The Hall–Kier alpha value is -1.06. The highest BCUT2D eigenvalue weighted by molar-refractivity contribution is 5.41. The second-order valence-corrected chi connectivity index (χ2v) is 7.58. The molecule has 2 saturated carbocycles. The third kappa shape index (κ3) is 1.80. The number of fused-ring (bicyclic) bond motifs is 5. The number of phenolic OH excluding ortho intramolecular Hbond substituents is 1. The maximum absolute atomic E-state index is 10.7.